The lowest BCUT2D eigenvalue weighted by Gasteiger charge is -2.13. The fourth-order valence-corrected chi connectivity index (χ4v) is 2.66. The summed E-state index contributed by atoms with van der Waals surface area (Å²) in [6.45, 7) is 0. The number of non-ortho nitro benzene ring substituents is 1. The first-order valence-corrected chi connectivity index (χ1v) is 7.48. The fraction of sp³-hybridized carbons (Fsp3) is 0. The summed E-state index contributed by atoms with van der Waals surface area (Å²) in [6.07, 6.45) is 0. The van der Waals surface area contributed by atoms with E-state index in [4.69, 9.17) is 9.63 Å². The summed E-state index contributed by atoms with van der Waals surface area (Å²) in [7, 11) is -4.22. The van der Waals surface area contributed by atoms with Gasteiger partial charge < -0.3 is 14.5 Å². The van der Waals surface area contributed by atoms with E-state index in [2.05, 4.69) is 0 Å². The highest BCUT2D eigenvalue weighted by molar-refractivity contribution is 7.61. The molecule has 9 heteroatoms. The number of nitro benzene ring substituents is 1. The Bertz CT molecular complexity index is 755. The van der Waals surface area contributed by atoms with Gasteiger partial charge in [-0.15, -0.1) is 0 Å². The summed E-state index contributed by atoms with van der Waals surface area (Å²) in [5.41, 5.74) is -0.204. The average molecular weight is 323 g/mol. The van der Waals surface area contributed by atoms with Crippen molar-refractivity contribution in [3.05, 3.63) is 64.2 Å². The number of carbonyl (C=O) groups is 1. The van der Waals surface area contributed by atoms with E-state index < -0.39 is 18.5 Å². The van der Waals surface area contributed by atoms with Crippen molar-refractivity contribution >= 4 is 24.6 Å². The van der Waals surface area contributed by atoms with Gasteiger partial charge in [-0.1, -0.05) is 0 Å². The van der Waals surface area contributed by atoms with E-state index >= 15 is 0 Å². The van der Waals surface area contributed by atoms with E-state index in [0.29, 0.717) is 0 Å². The van der Waals surface area contributed by atoms with Crippen LogP contribution in [0.15, 0.2) is 48.5 Å². The van der Waals surface area contributed by atoms with Crippen LogP contribution < -0.4 is 9.83 Å². The van der Waals surface area contributed by atoms with Crippen LogP contribution in [0.4, 0.5) is 5.69 Å². The summed E-state index contributed by atoms with van der Waals surface area (Å²) in [6, 6.07) is 9.40. The van der Waals surface area contributed by atoms with Crippen molar-refractivity contribution in [1.82, 2.24) is 0 Å². The molecule has 0 aliphatic rings. The highest BCUT2D eigenvalue weighted by atomic mass is 31.2. The van der Waals surface area contributed by atoms with Crippen LogP contribution in [0.1, 0.15) is 10.4 Å². The standard InChI is InChI=1S/C13H10NO7P/c15-13(16)9-1-7-12(8-2-9)22(19,20)21-11-5-3-10(4-6-11)14(17)18/h1-8H,(H,15,16)(H,19,20). The summed E-state index contributed by atoms with van der Waals surface area (Å²) < 4.78 is 17.1. The number of carboxylic acid groups (broad SMARTS) is 1. The number of aromatic carboxylic acids is 1. The maximum atomic E-state index is 12.1. The van der Waals surface area contributed by atoms with Gasteiger partial charge in [0.15, 0.2) is 0 Å². The van der Waals surface area contributed by atoms with E-state index in [0.717, 1.165) is 12.1 Å². The van der Waals surface area contributed by atoms with Gasteiger partial charge in [-0.3, -0.25) is 10.1 Å². The van der Waals surface area contributed by atoms with Gasteiger partial charge >= 0.3 is 13.6 Å². The quantitative estimate of drug-likeness (QED) is 0.490. The zero-order valence-electron chi connectivity index (χ0n) is 10.9. The molecule has 0 fully saturated rings. The molecule has 0 amide bonds. The largest absolute Gasteiger partial charge is 0.478 e. The first-order chi connectivity index (χ1) is 10.3. The molecule has 2 aromatic rings. The lowest BCUT2D eigenvalue weighted by atomic mass is 10.2. The second kappa shape index (κ2) is 5.97. The van der Waals surface area contributed by atoms with Crippen molar-refractivity contribution in [2.75, 3.05) is 0 Å². The molecule has 2 N–H and O–H groups in total. The predicted octanol–water partition coefficient (Wildman–Crippen LogP) is 2.18. The van der Waals surface area contributed by atoms with Crippen molar-refractivity contribution in [3.8, 4) is 5.75 Å². The Morgan fingerprint density at radius 3 is 2.09 bits per heavy atom. The molecule has 0 bridgehead atoms. The maximum Gasteiger partial charge on any atom is 0.408 e. The van der Waals surface area contributed by atoms with E-state index in [1.807, 2.05) is 0 Å². The van der Waals surface area contributed by atoms with E-state index in [9.17, 15) is 24.4 Å². The molecule has 0 radical (unpaired) electrons. The molecule has 0 heterocycles. The van der Waals surface area contributed by atoms with Gasteiger partial charge in [-0.25, -0.2) is 9.36 Å². The van der Waals surface area contributed by atoms with Gasteiger partial charge in [0.2, 0.25) is 0 Å². The third-order valence-electron chi connectivity index (χ3n) is 2.72. The van der Waals surface area contributed by atoms with Crippen LogP contribution in [0.3, 0.4) is 0 Å². The Kier molecular flexibility index (Phi) is 4.25. The molecule has 8 nitrogen and oxygen atoms in total. The molecule has 2 aromatic carbocycles. The summed E-state index contributed by atoms with van der Waals surface area (Å²) in [5, 5.41) is 19.2. The summed E-state index contributed by atoms with van der Waals surface area (Å²) in [5.74, 6) is -1.17. The Balaban J connectivity index is 2.21. The van der Waals surface area contributed by atoms with Crippen LogP contribution in [0.2, 0.25) is 0 Å². The molecular weight excluding hydrogens is 313 g/mol. The predicted molar refractivity (Wildman–Crippen MR) is 76.6 cm³/mol. The van der Waals surface area contributed by atoms with Crippen molar-refractivity contribution in [2.45, 2.75) is 0 Å². The molecule has 114 valence electrons. The summed E-state index contributed by atoms with van der Waals surface area (Å²) in [4.78, 5) is 30.5. The molecule has 0 aliphatic heterocycles. The molecular formula is C13H10NO7P. The van der Waals surface area contributed by atoms with Gasteiger partial charge in [0.1, 0.15) is 5.75 Å². The Morgan fingerprint density at radius 1 is 1.09 bits per heavy atom. The van der Waals surface area contributed by atoms with E-state index in [1.165, 1.54) is 36.4 Å². The van der Waals surface area contributed by atoms with Crippen LogP contribution in [-0.2, 0) is 4.57 Å². The molecule has 2 rings (SSSR count). The highest BCUT2D eigenvalue weighted by Crippen LogP contribution is 2.41. The second-order valence-corrected chi connectivity index (χ2v) is 5.95. The van der Waals surface area contributed by atoms with E-state index in [-0.39, 0.29) is 22.3 Å². The van der Waals surface area contributed by atoms with Crippen LogP contribution in [0.5, 0.6) is 5.75 Å². The monoisotopic (exact) mass is 323 g/mol. The second-order valence-electron chi connectivity index (χ2n) is 4.21. The minimum Gasteiger partial charge on any atom is -0.478 e. The topological polar surface area (TPSA) is 127 Å². The lowest BCUT2D eigenvalue weighted by molar-refractivity contribution is -0.384. The van der Waals surface area contributed by atoms with Crippen LogP contribution in [0, 0.1) is 10.1 Å². The Labute approximate surface area is 124 Å². The smallest absolute Gasteiger partial charge is 0.408 e. The molecule has 1 atom stereocenters. The number of benzene rings is 2. The molecule has 0 saturated carbocycles. The fourth-order valence-electron chi connectivity index (χ4n) is 1.62. The number of rotatable bonds is 5. The first-order valence-electron chi connectivity index (χ1n) is 5.90. The Morgan fingerprint density at radius 2 is 1.64 bits per heavy atom. The first kappa shape index (κ1) is 15.7. The third-order valence-corrected chi connectivity index (χ3v) is 4.13. The minimum absolute atomic E-state index is 0.0151. The molecule has 22 heavy (non-hydrogen) atoms. The highest BCUT2D eigenvalue weighted by Gasteiger charge is 2.25. The molecule has 0 spiro atoms. The number of nitrogens with zero attached hydrogens (tertiary/aromatic N) is 1. The summed E-state index contributed by atoms with van der Waals surface area (Å²) >= 11 is 0. The van der Waals surface area contributed by atoms with Gasteiger partial charge in [0.05, 0.1) is 15.8 Å². The normalized spacial score (nSPS) is 13.1. The van der Waals surface area contributed by atoms with Crippen molar-refractivity contribution in [1.29, 1.82) is 0 Å². The van der Waals surface area contributed by atoms with Crippen molar-refractivity contribution in [3.63, 3.8) is 0 Å². The van der Waals surface area contributed by atoms with Gasteiger partial charge in [-0.05, 0) is 36.4 Å². The maximum absolute atomic E-state index is 12.1. The third kappa shape index (κ3) is 3.49. The van der Waals surface area contributed by atoms with Crippen LogP contribution in [0.25, 0.3) is 0 Å². The van der Waals surface area contributed by atoms with Crippen molar-refractivity contribution < 1.29 is 28.8 Å². The van der Waals surface area contributed by atoms with Gasteiger partial charge in [0, 0.05) is 12.1 Å². The zero-order valence-corrected chi connectivity index (χ0v) is 11.8. The van der Waals surface area contributed by atoms with Crippen LogP contribution in [-0.4, -0.2) is 20.9 Å². The average Bonchev–Trinajstić information content (AvgIpc) is 2.47. The van der Waals surface area contributed by atoms with Crippen molar-refractivity contribution in [2.24, 2.45) is 0 Å². The minimum atomic E-state index is -4.22. The molecule has 1 unspecified atom stereocenters. The van der Waals surface area contributed by atoms with Gasteiger partial charge in [-0.2, -0.15) is 0 Å². The number of hydrogen-bond donors (Lipinski definition) is 2. The molecule has 0 saturated heterocycles. The molecule has 0 aromatic heterocycles. The Hall–Kier alpha value is -2.70. The van der Waals surface area contributed by atoms with E-state index in [1.54, 1.807) is 0 Å². The zero-order chi connectivity index (χ0) is 16.3. The van der Waals surface area contributed by atoms with Gasteiger partial charge in [0.25, 0.3) is 5.69 Å². The van der Waals surface area contributed by atoms with Crippen LogP contribution >= 0.6 is 7.60 Å². The SMILES string of the molecule is O=C(O)c1ccc(P(=O)(O)Oc2ccc([N+](=O)[O-])cc2)cc1. The number of hydrogen-bond acceptors (Lipinski definition) is 5. The number of carboxylic acids is 1. The lowest BCUT2D eigenvalue weighted by Crippen LogP contribution is -2.10. The number of nitro groups is 1. The molecule has 0 aliphatic carbocycles.